The van der Waals surface area contributed by atoms with Gasteiger partial charge in [0.2, 0.25) is 0 Å². The van der Waals surface area contributed by atoms with Crippen molar-refractivity contribution in [2.24, 2.45) is 0 Å². The maximum Gasteiger partial charge on any atom is 0.261 e. The van der Waals surface area contributed by atoms with Gasteiger partial charge in [-0.15, -0.1) is 0 Å². The van der Waals surface area contributed by atoms with Crippen LogP contribution in [-0.4, -0.2) is 14.3 Å². The molecule has 3 rings (SSSR count). The molecular weight excluding hydrogens is 396 g/mol. The standard InChI is InChI=1S/C24H26N2O3S/c1-24(2,3)20-13-9-18(10-14-20)17-25-23(27)19-11-15-21(16-12-19)26-30(28,29)22-7-5-4-6-8-22/h4-16,26H,17H2,1-3H3,(H,25,27). The minimum Gasteiger partial charge on any atom is -0.348 e. The summed E-state index contributed by atoms with van der Waals surface area (Å²) in [7, 11) is -3.66. The van der Waals surface area contributed by atoms with Crippen LogP contribution in [-0.2, 0) is 22.0 Å². The van der Waals surface area contributed by atoms with E-state index in [0.717, 1.165) is 5.56 Å². The molecule has 0 saturated carbocycles. The van der Waals surface area contributed by atoms with E-state index in [4.69, 9.17) is 0 Å². The van der Waals surface area contributed by atoms with Crippen molar-refractivity contribution < 1.29 is 13.2 Å². The van der Waals surface area contributed by atoms with Gasteiger partial charge in [-0.25, -0.2) is 8.42 Å². The highest BCUT2D eigenvalue weighted by Crippen LogP contribution is 2.22. The quantitative estimate of drug-likeness (QED) is 0.604. The fourth-order valence-corrected chi connectivity index (χ4v) is 3.99. The van der Waals surface area contributed by atoms with E-state index in [1.807, 2.05) is 12.1 Å². The molecule has 3 aromatic rings. The Labute approximate surface area is 178 Å². The van der Waals surface area contributed by atoms with Crippen molar-refractivity contribution in [1.82, 2.24) is 5.32 Å². The Hall–Kier alpha value is -3.12. The number of rotatable bonds is 6. The SMILES string of the molecule is CC(C)(C)c1ccc(CNC(=O)c2ccc(NS(=O)(=O)c3ccccc3)cc2)cc1. The predicted molar refractivity (Wildman–Crippen MR) is 120 cm³/mol. The fourth-order valence-electron chi connectivity index (χ4n) is 2.91. The second kappa shape index (κ2) is 8.71. The van der Waals surface area contributed by atoms with E-state index in [-0.39, 0.29) is 16.2 Å². The second-order valence-corrected chi connectivity index (χ2v) is 9.81. The molecule has 3 aromatic carbocycles. The average molecular weight is 423 g/mol. The van der Waals surface area contributed by atoms with E-state index < -0.39 is 10.0 Å². The molecule has 0 spiro atoms. The predicted octanol–water partition coefficient (Wildman–Crippen LogP) is 4.71. The largest absolute Gasteiger partial charge is 0.348 e. The Morgan fingerprint density at radius 1 is 0.833 bits per heavy atom. The molecule has 156 valence electrons. The second-order valence-electron chi connectivity index (χ2n) is 8.13. The van der Waals surface area contributed by atoms with Gasteiger partial charge in [0, 0.05) is 17.8 Å². The number of amides is 1. The smallest absolute Gasteiger partial charge is 0.261 e. The van der Waals surface area contributed by atoms with Gasteiger partial charge >= 0.3 is 0 Å². The van der Waals surface area contributed by atoms with Crippen molar-refractivity contribution in [2.75, 3.05) is 4.72 Å². The lowest BCUT2D eigenvalue weighted by Crippen LogP contribution is -2.23. The molecule has 30 heavy (non-hydrogen) atoms. The fraction of sp³-hybridized carbons (Fsp3) is 0.208. The summed E-state index contributed by atoms with van der Waals surface area (Å²) in [6.45, 7) is 6.90. The summed E-state index contributed by atoms with van der Waals surface area (Å²) < 4.78 is 27.3. The van der Waals surface area contributed by atoms with Gasteiger partial charge in [-0.05, 0) is 52.9 Å². The first kappa shape index (κ1) is 21.6. The Morgan fingerprint density at radius 2 is 1.43 bits per heavy atom. The van der Waals surface area contributed by atoms with Gasteiger partial charge < -0.3 is 5.32 Å². The van der Waals surface area contributed by atoms with Crippen LogP contribution < -0.4 is 10.0 Å². The van der Waals surface area contributed by atoms with Crippen LogP contribution in [0.25, 0.3) is 0 Å². The van der Waals surface area contributed by atoms with Gasteiger partial charge in [-0.1, -0.05) is 63.2 Å². The topological polar surface area (TPSA) is 75.3 Å². The molecule has 0 saturated heterocycles. The van der Waals surface area contributed by atoms with Crippen molar-refractivity contribution in [3.63, 3.8) is 0 Å². The van der Waals surface area contributed by atoms with E-state index in [1.165, 1.54) is 17.7 Å². The number of hydrogen-bond donors (Lipinski definition) is 2. The number of hydrogen-bond acceptors (Lipinski definition) is 3. The maximum atomic E-state index is 12.4. The van der Waals surface area contributed by atoms with Crippen molar-refractivity contribution in [2.45, 2.75) is 37.6 Å². The lowest BCUT2D eigenvalue weighted by atomic mass is 9.87. The number of anilines is 1. The molecule has 5 nitrogen and oxygen atoms in total. The highest BCUT2D eigenvalue weighted by molar-refractivity contribution is 7.92. The number of carbonyl (C=O) groups excluding carboxylic acids is 1. The molecule has 0 aliphatic rings. The van der Waals surface area contributed by atoms with E-state index in [9.17, 15) is 13.2 Å². The van der Waals surface area contributed by atoms with E-state index >= 15 is 0 Å². The summed E-state index contributed by atoms with van der Waals surface area (Å²) in [5, 5.41) is 2.89. The molecule has 0 aliphatic heterocycles. The molecule has 0 radical (unpaired) electrons. The zero-order chi connectivity index (χ0) is 21.8. The summed E-state index contributed by atoms with van der Waals surface area (Å²) in [5.41, 5.74) is 3.21. The number of sulfonamides is 1. The Balaban J connectivity index is 1.60. The van der Waals surface area contributed by atoms with Gasteiger partial charge in [0.1, 0.15) is 0 Å². The molecular formula is C24H26N2O3S. The van der Waals surface area contributed by atoms with Crippen LogP contribution in [0.4, 0.5) is 5.69 Å². The molecule has 0 heterocycles. The lowest BCUT2D eigenvalue weighted by Gasteiger charge is -2.19. The molecule has 1 amide bonds. The van der Waals surface area contributed by atoms with Crippen LogP contribution in [0.3, 0.4) is 0 Å². The first-order valence-corrected chi connectivity index (χ1v) is 11.2. The van der Waals surface area contributed by atoms with Crippen molar-refractivity contribution in [1.29, 1.82) is 0 Å². The van der Waals surface area contributed by atoms with Gasteiger partial charge in [-0.3, -0.25) is 9.52 Å². The van der Waals surface area contributed by atoms with E-state index in [0.29, 0.717) is 17.8 Å². The third-order valence-corrected chi connectivity index (χ3v) is 6.12. The molecule has 0 fully saturated rings. The van der Waals surface area contributed by atoms with E-state index in [1.54, 1.807) is 42.5 Å². The molecule has 0 aliphatic carbocycles. The van der Waals surface area contributed by atoms with Crippen molar-refractivity contribution in [3.8, 4) is 0 Å². The molecule has 0 aromatic heterocycles. The molecule has 0 bridgehead atoms. The monoisotopic (exact) mass is 422 g/mol. The maximum absolute atomic E-state index is 12.4. The van der Waals surface area contributed by atoms with Crippen molar-refractivity contribution >= 4 is 21.6 Å². The highest BCUT2D eigenvalue weighted by Gasteiger charge is 2.15. The Morgan fingerprint density at radius 3 is 2.00 bits per heavy atom. The third-order valence-electron chi connectivity index (χ3n) is 4.73. The number of carbonyl (C=O) groups is 1. The average Bonchev–Trinajstić information content (AvgIpc) is 2.72. The summed E-state index contributed by atoms with van der Waals surface area (Å²) in [6, 6.07) is 22.7. The van der Waals surface area contributed by atoms with Gasteiger partial charge in [0.05, 0.1) is 4.90 Å². The van der Waals surface area contributed by atoms with Crippen LogP contribution >= 0.6 is 0 Å². The van der Waals surface area contributed by atoms with Crippen molar-refractivity contribution in [3.05, 3.63) is 95.6 Å². The summed E-state index contributed by atoms with van der Waals surface area (Å²) >= 11 is 0. The van der Waals surface area contributed by atoms with Gasteiger partial charge in [-0.2, -0.15) is 0 Å². The molecule has 0 atom stereocenters. The van der Waals surface area contributed by atoms with Crippen LogP contribution in [0.15, 0.2) is 83.8 Å². The van der Waals surface area contributed by atoms with Crippen LogP contribution in [0.2, 0.25) is 0 Å². The van der Waals surface area contributed by atoms with E-state index in [2.05, 4.69) is 42.9 Å². The van der Waals surface area contributed by atoms with Gasteiger partial charge in [0.15, 0.2) is 0 Å². The van der Waals surface area contributed by atoms with Gasteiger partial charge in [0.25, 0.3) is 15.9 Å². The summed E-state index contributed by atoms with van der Waals surface area (Å²) in [4.78, 5) is 12.6. The van der Waals surface area contributed by atoms with Crippen LogP contribution in [0.1, 0.15) is 42.3 Å². The third kappa shape index (κ3) is 5.48. The minimum absolute atomic E-state index is 0.0888. The Bertz CT molecular complexity index is 1100. The Kier molecular flexibility index (Phi) is 6.27. The normalized spacial score (nSPS) is 11.7. The lowest BCUT2D eigenvalue weighted by molar-refractivity contribution is 0.0951. The zero-order valence-corrected chi connectivity index (χ0v) is 18.2. The van der Waals surface area contributed by atoms with Crippen LogP contribution in [0, 0.1) is 0 Å². The first-order chi connectivity index (χ1) is 14.1. The summed E-state index contributed by atoms with van der Waals surface area (Å²) in [5.74, 6) is -0.215. The first-order valence-electron chi connectivity index (χ1n) is 9.71. The summed E-state index contributed by atoms with van der Waals surface area (Å²) in [6.07, 6.45) is 0. The van der Waals surface area contributed by atoms with Crippen LogP contribution in [0.5, 0.6) is 0 Å². The molecule has 6 heteroatoms. The molecule has 0 unspecified atom stereocenters. The zero-order valence-electron chi connectivity index (χ0n) is 17.3. The minimum atomic E-state index is -3.66. The highest BCUT2D eigenvalue weighted by atomic mass is 32.2. The number of nitrogens with one attached hydrogen (secondary N) is 2. The number of benzene rings is 3. The molecule has 2 N–H and O–H groups in total.